The molecule has 1 atom stereocenters. The van der Waals surface area contributed by atoms with Gasteiger partial charge in [0.25, 0.3) is 0 Å². The standard InChI is InChI=1S/C12H17ClN4/c1-8(2)12(3,7-15)17-11-10(13)9(6-14)4-5-16-11/h4-5,8H,7,15H2,1-3H3,(H,16,17). The molecule has 0 saturated carbocycles. The Morgan fingerprint density at radius 1 is 1.65 bits per heavy atom. The van der Waals surface area contributed by atoms with Gasteiger partial charge < -0.3 is 11.1 Å². The zero-order chi connectivity index (χ0) is 13.1. The lowest BCUT2D eigenvalue weighted by atomic mass is 9.88. The molecule has 4 nitrogen and oxygen atoms in total. The second-order valence-corrected chi connectivity index (χ2v) is 4.91. The molecule has 0 aliphatic heterocycles. The van der Waals surface area contributed by atoms with Crippen molar-refractivity contribution in [2.24, 2.45) is 11.7 Å². The van der Waals surface area contributed by atoms with Gasteiger partial charge in [-0.15, -0.1) is 0 Å². The van der Waals surface area contributed by atoms with Gasteiger partial charge in [0.1, 0.15) is 16.9 Å². The molecule has 1 aromatic rings. The number of nitriles is 1. The van der Waals surface area contributed by atoms with Crippen LogP contribution < -0.4 is 11.1 Å². The number of hydrogen-bond acceptors (Lipinski definition) is 4. The third-order valence-corrected chi connectivity index (χ3v) is 3.49. The van der Waals surface area contributed by atoms with Gasteiger partial charge in [-0.25, -0.2) is 4.98 Å². The molecule has 0 aliphatic carbocycles. The van der Waals surface area contributed by atoms with Gasteiger partial charge >= 0.3 is 0 Å². The Morgan fingerprint density at radius 2 is 2.29 bits per heavy atom. The first-order chi connectivity index (χ1) is 7.94. The smallest absolute Gasteiger partial charge is 0.146 e. The van der Waals surface area contributed by atoms with E-state index in [9.17, 15) is 0 Å². The molecule has 1 aromatic heterocycles. The molecule has 0 aromatic carbocycles. The third kappa shape index (κ3) is 2.87. The minimum absolute atomic E-state index is 0.301. The minimum atomic E-state index is -0.301. The van der Waals surface area contributed by atoms with E-state index in [4.69, 9.17) is 22.6 Å². The summed E-state index contributed by atoms with van der Waals surface area (Å²) in [6.07, 6.45) is 1.56. The van der Waals surface area contributed by atoms with Crippen LogP contribution >= 0.6 is 11.6 Å². The summed E-state index contributed by atoms with van der Waals surface area (Å²) in [4.78, 5) is 4.15. The quantitative estimate of drug-likeness (QED) is 0.863. The second kappa shape index (κ2) is 5.35. The Balaban J connectivity index is 3.08. The van der Waals surface area contributed by atoms with Crippen LogP contribution in [0, 0.1) is 17.2 Å². The molecule has 17 heavy (non-hydrogen) atoms. The number of rotatable bonds is 4. The van der Waals surface area contributed by atoms with Gasteiger partial charge in [0, 0.05) is 12.7 Å². The number of nitrogens with two attached hydrogens (primary N) is 1. The molecular formula is C12H17ClN4. The molecule has 5 heteroatoms. The van der Waals surface area contributed by atoms with Crippen molar-refractivity contribution in [2.75, 3.05) is 11.9 Å². The average molecular weight is 253 g/mol. The van der Waals surface area contributed by atoms with E-state index in [1.807, 2.05) is 13.0 Å². The van der Waals surface area contributed by atoms with Crippen molar-refractivity contribution in [2.45, 2.75) is 26.3 Å². The summed E-state index contributed by atoms with van der Waals surface area (Å²) in [5, 5.41) is 12.5. The summed E-state index contributed by atoms with van der Waals surface area (Å²) in [6, 6.07) is 3.61. The van der Waals surface area contributed by atoms with Gasteiger partial charge in [-0.2, -0.15) is 5.26 Å². The Morgan fingerprint density at radius 3 is 2.76 bits per heavy atom. The molecule has 1 rings (SSSR count). The molecule has 0 aliphatic rings. The average Bonchev–Trinajstić information content (AvgIpc) is 2.31. The summed E-state index contributed by atoms with van der Waals surface area (Å²) in [7, 11) is 0. The summed E-state index contributed by atoms with van der Waals surface area (Å²) < 4.78 is 0. The van der Waals surface area contributed by atoms with Gasteiger partial charge in [-0.3, -0.25) is 0 Å². The molecule has 3 N–H and O–H groups in total. The zero-order valence-electron chi connectivity index (χ0n) is 10.3. The lowest BCUT2D eigenvalue weighted by Gasteiger charge is -2.34. The van der Waals surface area contributed by atoms with Crippen molar-refractivity contribution < 1.29 is 0 Å². The highest BCUT2D eigenvalue weighted by atomic mass is 35.5. The first-order valence-electron chi connectivity index (χ1n) is 5.47. The number of nitrogens with zero attached hydrogens (tertiary/aromatic N) is 2. The Kier molecular flexibility index (Phi) is 4.33. The summed E-state index contributed by atoms with van der Waals surface area (Å²) >= 11 is 6.09. The highest BCUT2D eigenvalue weighted by Gasteiger charge is 2.27. The number of hydrogen-bond donors (Lipinski definition) is 2. The van der Waals surface area contributed by atoms with Crippen LogP contribution in [0.15, 0.2) is 12.3 Å². The van der Waals surface area contributed by atoms with Crippen molar-refractivity contribution >= 4 is 17.4 Å². The summed E-state index contributed by atoms with van der Waals surface area (Å²) in [5.74, 6) is 0.823. The van der Waals surface area contributed by atoms with Gasteiger partial charge in [0.2, 0.25) is 0 Å². The maximum absolute atomic E-state index is 8.89. The second-order valence-electron chi connectivity index (χ2n) is 4.53. The fourth-order valence-electron chi connectivity index (χ4n) is 1.32. The van der Waals surface area contributed by atoms with E-state index in [-0.39, 0.29) is 5.54 Å². The van der Waals surface area contributed by atoms with E-state index in [1.54, 1.807) is 12.3 Å². The number of pyridine rings is 1. The third-order valence-electron chi connectivity index (χ3n) is 3.11. The van der Waals surface area contributed by atoms with Crippen LogP contribution in [0.1, 0.15) is 26.3 Å². The highest BCUT2D eigenvalue weighted by molar-refractivity contribution is 6.34. The van der Waals surface area contributed by atoms with Gasteiger partial charge in [-0.05, 0) is 18.9 Å². The van der Waals surface area contributed by atoms with Crippen LogP contribution in [0.2, 0.25) is 5.02 Å². The fourth-order valence-corrected chi connectivity index (χ4v) is 1.52. The molecule has 0 saturated heterocycles. The van der Waals surface area contributed by atoms with Gasteiger partial charge in [-0.1, -0.05) is 25.4 Å². The van der Waals surface area contributed by atoms with E-state index in [0.29, 0.717) is 28.9 Å². The monoisotopic (exact) mass is 252 g/mol. The molecule has 0 radical (unpaired) electrons. The topological polar surface area (TPSA) is 74.7 Å². The van der Waals surface area contributed by atoms with Crippen LogP contribution in [0.25, 0.3) is 0 Å². The lowest BCUT2D eigenvalue weighted by molar-refractivity contribution is 0.381. The van der Waals surface area contributed by atoms with Crippen LogP contribution in [-0.4, -0.2) is 17.1 Å². The molecule has 0 spiro atoms. The Bertz CT molecular complexity index is 439. The fraction of sp³-hybridized carbons (Fsp3) is 0.500. The van der Waals surface area contributed by atoms with Crippen LogP contribution in [-0.2, 0) is 0 Å². The highest BCUT2D eigenvalue weighted by Crippen LogP contribution is 2.28. The number of aromatic nitrogens is 1. The van der Waals surface area contributed by atoms with Crippen molar-refractivity contribution in [3.05, 3.63) is 22.8 Å². The number of nitrogens with one attached hydrogen (secondary N) is 1. The van der Waals surface area contributed by atoms with E-state index in [1.165, 1.54) is 0 Å². The molecule has 1 unspecified atom stereocenters. The molecule has 0 bridgehead atoms. The molecule has 0 fully saturated rings. The van der Waals surface area contributed by atoms with E-state index in [0.717, 1.165) is 0 Å². The van der Waals surface area contributed by atoms with E-state index >= 15 is 0 Å². The van der Waals surface area contributed by atoms with Crippen molar-refractivity contribution in [3.63, 3.8) is 0 Å². The van der Waals surface area contributed by atoms with Gasteiger partial charge in [0.05, 0.1) is 11.1 Å². The summed E-state index contributed by atoms with van der Waals surface area (Å²) in [5.41, 5.74) is 5.89. The van der Waals surface area contributed by atoms with E-state index in [2.05, 4.69) is 24.1 Å². The maximum atomic E-state index is 8.89. The molecule has 0 amide bonds. The first kappa shape index (κ1) is 13.8. The number of halogens is 1. The van der Waals surface area contributed by atoms with E-state index < -0.39 is 0 Å². The Hall–Kier alpha value is -1.31. The number of anilines is 1. The zero-order valence-corrected chi connectivity index (χ0v) is 11.0. The molecular weight excluding hydrogens is 236 g/mol. The maximum Gasteiger partial charge on any atom is 0.146 e. The van der Waals surface area contributed by atoms with Crippen molar-refractivity contribution in [1.29, 1.82) is 5.26 Å². The van der Waals surface area contributed by atoms with Crippen molar-refractivity contribution in [3.8, 4) is 6.07 Å². The summed E-state index contributed by atoms with van der Waals surface area (Å²) in [6.45, 7) is 6.61. The van der Waals surface area contributed by atoms with Crippen LogP contribution in [0.4, 0.5) is 5.82 Å². The largest absolute Gasteiger partial charge is 0.362 e. The predicted octanol–water partition coefficient (Wildman–Crippen LogP) is 2.39. The first-order valence-corrected chi connectivity index (χ1v) is 5.85. The van der Waals surface area contributed by atoms with Gasteiger partial charge in [0.15, 0.2) is 0 Å². The lowest BCUT2D eigenvalue weighted by Crippen LogP contribution is -2.47. The Labute approximate surface area is 107 Å². The minimum Gasteiger partial charge on any atom is -0.362 e. The van der Waals surface area contributed by atoms with Crippen LogP contribution in [0.5, 0.6) is 0 Å². The SMILES string of the molecule is CC(C)C(C)(CN)Nc1nccc(C#N)c1Cl. The van der Waals surface area contributed by atoms with Crippen LogP contribution in [0.3, 0.4) is 0 Å². The molecule has 1 heterocycles. The molecule has 92 valence electrons. The van der Waals surface area contributed by atoms with Crippen molar-refractivity contribution in [1.82, 2.24) is 4.98 Å². The predicted molar refractivity (Wildman–Crippen MR) is 69.9 cm³/mol. The normalized spacial score (nSPS) is 14.2.